The number of aliphatic hydroxyl groups excluding tert-OH is 2. The van der Waals surface area contributed by atoms with E-state index in [4.69, 9.17) is 14.2 Å². The normalized spacial score (nSPS) is 24.0. The number of aliphatic hydroxyl groups is 2. The Bertz CT molecular complexity index is 825. The van der Waals surface area contributed by atoms with Gasteiger partial charge in [-0.15, -0.1) is 0 Å². The Hall–Kier alpha value is -2.03. The molecule has 0 bridgehead atoms. The van der Waals surface area contributed by atoms with Crippen molar-refractivity contribution in [3.8, 4) is 0 Å². The molecule has 1 aliphatic rings. The number of carbonyl (C=O) groups is 1. The highest BCUT2D eigenvalue weighted by Gasteiger charge is 2.43. The van der Waals surface area contributed by atoms with Crippen LogP contribution in [-0.2, 0) is 14.2 Å². The van der Waals surface area contributed by atoms with Crippen LogP contribution in [0.2, 0.25) is 0 Å². The van der Waals surface area contributed by atoms with Gasteiger partial charge in [-0.25, -0.2) is 4.79 Å². The smallest absolute Gasteiger partial charge is 0.336 e. The van der Waals surface area contributed by atoms with Gasteiger partial charge in [0.1, 0.15) is 18.3 Å². The first kappa shape index (κ1) is 25.2. The van der Waals surface area contributed by atoms with Crippen LogP contribution in [0.5, 0.6) is 0 Å². The van der Waals surface area contributed by atoms with Crippen molar-refractivity contribution in [3.05, 3.63) is 52.6 Å². The minimum Gasteiger partial charge on any atom is -0.478 e. The third-order valence-electron chi connectivity index (χ3n) is 5.19. The minimum atomic E-state index is -0.969. The summed E-state index contributed by atoms with van der Waals surface area (Å²) in [7, 11) is 1.48. The monoisotopic (exact) mass is 434 g/mol. The molecule has 7 nitrogen and oxygen atoms in total. The van der Waals surface area contributed by atoms with Gasteiger partial charge in [-0.3, -0.25) is 0 Å². The average molecular weight is 435 g/mol. The molecule has 0 radical (unpaired) electrons. The van der Waals surface area contributed by atoms with Crippen molar-refractivity contribution in [2.75, 3.05) is 7.11 Å². The Kier molecular flexibility index (Phi) is 8.57. The molecule has 0 aliphatic carbocycles. The van der Waals surface area contributed by atoms with Gasteiger partial charge in [0.05, 0.1) is 17.8 Å². The molecule has 1 aromatic rings. The zero-order chi connectivity index (χ0) is 23.3. The highest BCUT2D eigenvalue weighted by atomic mass is 16.8. The van der Waals surface area contributed by atoms with E-state index < -0.39 is 42.3 Å². The molecule has 0 aromatic heterocycles. The van der Waals surface area contributed by atoms with Crippen molar-refractivity contribution in [2.45, 2.75) is 77.3 Å². The van der Waals surface area contributed by atoms with Gasteiger partial charge in [-0.2, -0.15) is 0 Å². The lowest BCUT2D eigenvalue weighted by Crippen LogP contribution is -2.34. The lowest BCUT2D eigenvalue weighted by molar-refractivity contribution is -0.152. The highest BCUT2D eigenvalue weighted by Crippen LogP contribution is 2.32. The lowest BCUT2D eigenvalue weighted by Gasteiger charge is -2.21. The van der Waals surface area contributed by atoms with Gasteiger partial charge in [0.25, 0.3) is 0 Å². The van der Waals surface area contributed by atoms with Crippen LogP contribution in [0.15, 0.2) is 30.4 Å². The highest BCUT2D eigenvalue weighted by molar-refractivity contribution is 5.94. The Morgan fingerprint density at radius 2 is 1.90 bits per heavy atom. The molecular weight excluding hydrogens is 400 g/mol. The summed E-state index contributed by atoms with van der Waals surface area (Å²) in [5.41, 5.74) is 2.58. The summed E-state index contributed by atoms with van der Waals surface area (Å²) in [6.45, 7) is 8.87. The van der Waals surface area contributed by atoms with Crippen LogP contribution in [0.1, 0.15) is 54.2 Å². The zero-order valence-corrected chi connectivity index (χ0v) is 19.0. The maximum atomic E-state index is 11.7. The topological polar surface area (TPSA) is 105 Å². The Labute approximate surface area is 184 Å². The fraction of sp³-hybridized carbons (Fsp3) is 0.542. The zero-order valence-electron chi connectivity index (χ0n) is 19.0. The third kappa shape index (κ3) is 6.72. The van der Waals surface area contributed by atoms with Crippen LogP contribution >= 0.6 is 0 Å². The van der Waals surface area contributed by atoms with Crippen molar-refractivity contribution in [2.24, 2.45) is 0 Å². The minimum absolute atomic E-state index is 0.272. The molecule has 0 amide bonds. The first-order chi connectivity index (χ1) is 14.4. The third-order valence-corrected chi connectivity index (χ3v) is 5.19. The van der Waals surface area contributed by atoms with Gasteiger partial charge >= 0.3 is 5.97 Å². The van der Waals surface area contributed by atoms with Gasteiger partial charge in [-0.1, -0.05) is 42.0 Å². The van der Waals surface area contributed by atoms with Gasteiger partial charge < -0.3 is 29.5 Å². The van der Waals surface area contributed by atoms with E-state index in [9.17, 15) is 20.1 Å². The Balaban J connectivity index is 2.18. The van der Waals surface area contributed by atoms with Crippen LogP contribution in [0, 0.1) is 13.8 Å². The summed E-state index contributed by atoms with van der Waals surface area (Å²) < 4.78 is 17.0. The van der Waals surface area contributed by atoms with E-state index >= 15 is 0 Å². The Morgan fingerprint density at radius 3 is 2.48 bits per heavy atom. The van der Waals surface area contributed by atoms with Crippen LogP contribution in [0.4, 0.5) is 0 Å². The summed E-state index contributed by atoms with van der Waals surface area (Å²) in [6, 6.07) is 3.68. The van der Waals surface area contributed by atoms with Crippen molar-refractivity contribution < 1.29 is 34.3 Å². The molecule has 2 rings (SSSR count). The largest absolute Gasteiger partial charge is 0.478 e. The Morgan fingerprint density at radius 1 is 1.23 bits per heavy atom. The predicted octanol–water partition coefficient (Wildman–Crippen LogP) is 3.24. The van der Waals surface area contributed by atoms with Crippen LogP contribution < -0.4 is 0 Å². The lowest BCUT2D eigenvalue weighted by atomic mass is 9.97. The molecule has 0 spiro atoms. The molecule has 31 heavy (non-hydrogen) atoms. The molecule has 0 saturated carbocycles. The van der Waals surface area contributed by atoms with Crippen molar-refractivity contribution in [1.82, 2.24) is 0 Å². The first-order valence-electron chi connectivity index (χ1n) is 10.4. The van der Waals surface area contributed by atoms with Gasteiger partial charge in [0, 0.05) is 7.11 Å². The average Bonchev–Trinajstić information content (AvgIpc) is 2.95. The fourth-order valence-corrected chi connectivity index (χ4v) is 3.86. The number of carboxylic acids is 1. The molecular formula is C24H34O7. The van der Waals surface area contributed by atoms with Crippen LogP contribution in [-0.4, -0.2) is 64.7 Å². The molecule has 1 fully saturated rings. The summed E-state index contributed by atoms with van der Waals surface area (Å²) in [5, 5.41) is 29.9. The van der Waals surface area contributed by atoms with Crippen molar-refractivity contribution >= 4 is 12.0 Å². The second-order valence-corrected chi connectivity index (χ2v) is 8.44. The van der Waals surface area contributed by atoms with E-state index in [0.29, 0.717) is 17.5 Å². The summed E-state index contributed by atoms with van der Waals surface area (Å²) in [5.74, 6) is -1.84. The number of benzene rings is 1. The van der Waals surface area contributed by atoms with Crippen molar-refractivity contribution in [1.29, 1.82) is 0 Å². The van der Waals surface area contributed by atoms with E-state index in [1.165, 1.54) is 7.11 Å². The molecule has 1 aliphatic heterocycles. The number of aromatic carboxylic acids is 1. The van der Waals surface area contributed by atoms with E-state index in [0.717, 1.165) is 5.56 Å². The number of rotatable bonds is 9. The number of aryl methyl sites for hydroxylation is 2. The molecule has 5 atom stereocenters. The molecule has 3 N–H and O–H groups in total. The molecule has 1 unspecified atom stereocenters. The van der Waals surface area contributed by atoms with Gasteiger partial charge in [0.15, 0.2) is 5.79 Å². The van der Waals surface area contributed by atoms with E-state index in [-0.39, 0.29) is 5.56 Å². The second kappa shape index (κ2) is 10.5. The standard InChI is InChI=1S/C24H34O7/c1-14-12-15(2)21(23(27)28)17(13-14)8-7-9-20-22(31-24(4,5)30-20)18(26)10-11-19(29-6)16(3)25/h7-8,10-13,16,18-20,22,25-26H,9H2,1-6H3,(H,27,28)/b8-7+,11-10-/t16-,18?,19+,20-,22+/m0/s1. The number of carboxylic acid groups (broad SMARTS) is 1. The maximum Gasteiger partial charge on any atom is 0.336 e. The van der Waals surface area contributed by atoms with Crippen LogP contribution in [0.25, 0.3) is 6.08 Å². The fourth-order valence-electron chi connectivity index (χ4n) is 3.86. The number of methoxy groups -OCH3 is 1. The van der Waals surface area contributed by atoms with Crippen LogP contribution in [0.3, 0.4) is 0 Å². The van der Waals surface area contributed by atoms with Gasteiger partial charge in [0.2, 0.25) is 0 Å². The second-order valence-electron chi connectivity index (χ2n) is 8.44. The maximum absolute atomic E-state index is 11.7. The number of hydrogen-bond acceptors (Lipinski definition) is 6. The predicted molar refractivity (Wildman–Crippen MR) is 118 cm³/mol. The van der Waals surface area contributed by atoms with E-state index in [1.807, 2.05) is 25.1 Å². The SMILES string of the molecule is CO[C@H](/C=C\C(O)[C@H]1OC(C)(C)O[C@H]1C/C=C/c1cc(C)cc(C)c1C(=O)O)[C@H](C)O. The quantitative estimate of drug-likeness (QED) is 0.513. The number of hydrogen-bond donors (Lipinski definition) is 3. The summed E-state index contributed by atoms with van der Waals surface area (Å²) in [6.07, 6.45) is 3.90. The van der Waals surface area contributed by atoms with Crippen molar-refractivity contribution in [3.63, 3.8) is 0 Å². The molecule has 172 valence electrons. The molecule has 1 saturated heterocycles. The summed E-state index contributed by atoms with van der Waals surface area (Å²) in [4.78, 5) is 11.7. The van der Waals surface area contributed by atoms with Gasteiger partial charge in [-0.05, 0) is 52.2 Å². The molecule has 1 aromatic carbocycles. The first-order valence-corrected chi connectivity index (χ1v) is 10.4. The molecule has 1 heterocycles. The van der Waals surface area contributed by atoms with E-state index in [2.05, 4.69) is 0 Å². The molecule has 7 heteroatoms. The summed E-state index contributed by atoms with van der Waals surface area (Å²) >= 11 is 0. The number of ether oxygens (including phenoxy) is 3. The van der Waals surface area contributed by atoms with E-state index in [1.54, 1.807) is 45.9 Å².